The summed E-state index contributed by atoms with van der Waals surface area (Å²) in [5, 5.41) is 7.97. The zero-order valence-electron chi connectivity index (χ0n) is 11.4. The van der Waals surface area contributed by atoms with Crippen molar-refractivity contribution in [3.05, 3.63) is 12.2 Å². The van der Waals surface area contributed by atoms with Crippen molar-refractivity contribution in [2.24, 2.45) is 17.8 Å². The summed E-state index contributed by atoms with van der Waals surface area (Å²) in [6.07, 6.45) is 4.94. The fraction of sp³-hybridized carbons (Fsp3) is 0.692. The number of carbonyl (C=O) groups excluding carboxylic acids is 1. The number of ether oxygens (including phenoxy) is 1. The first-order chi connectivity index (χ1) is 10.4. The third-order valence-corrected chi connectivity index (χ3v) is 4.16. The molecule has 2 bridgehead atoms. The molecule has 4 nitrogen and oxygen atoms in total. The van der Waals surface area contributed by atoms with Crippen LogP contribution in [0.1, 0.15) is 12.8 Å². The Morgan fingerprint density at radius 2 is 1.65 bits per heavy atom. The Morgan fingerprint density at radius 1 is 1.04 bits per heavy atom. The molecule has 0 aromatic carbocycles. The summed E-state index contributed by atoms with van der Waals surface area (Å²) in [7, 11) is 0. The highest BCUT2D eigenvalue weighted by Crippen LogP contribution is 2.47. The molecular weight excluding hydrogens is 334 g/mol. The topological polar surface area (TPSA) is 63.6 Å². The van der Waals surface area contributed by atoms with Crippen LogP contribution in [-0.2, 0) is 14.3 Å². The highest BCUT2D eigenvalue weighted by atomic mass is 19.3. The van der Waals surface area contributed by atoms with Gasteiger partial charge in [0.05, 0.1) is 6.61 Å². The lowest BCUT2D eigenvalue weighted by molar-refractivity contribution is -0.300. The summed E-state index contributed by atoms with van der Waals surface area (Å²) >= 11 is 0. The van der Waals surface area contributed by atoms with Gasteiger partial charge in [0.25, 0.3) is 0 Å². The summed E-state index contributed by atoms with van der Waals surface area (Å²) in [6.45, 7) is -0.616. The van der Waals surface area contributed by atoms with Crippen molar-refractivity contribution >= 4 is 11.9 Å². The zero-order chi connectivity index (χ0) is 17.6. The van der Waals surface area contributed by atoms with E-state index in [1.807, 2.05) is 6.08 Å². The number of aliphatic carboxylic acids is 1. The summed E-state index contributed by atoms with van der Waals surface area (Å²) in [6, 6.07) is 0. The lowest BCUT2D eigenvalue weighted by Crippen LogP contribution is -2.61. The number of allylic oxidation sites excluding steroid dienone is 2. The molecule has 0 amide bonds. The first kappa shape index (κ1) is 17.6. The van der Waals surface area contributed by atoms with Crippen LogP contribution in [0.2, 0.25) is 0 Å². The number of carboxylic acid groups (broad SMARTS) is 1. The number of rotatable bonds is 6. The van der Waals surface area contributed by atoms with E-state index in [1.165, 1.54) is 0 Å². The molecule has 130 valence electrons. The van der Waals surface area contributed by atoms with Crippen molar-refractivity contribution in [1.29, 1.82) is 0 Å². The molecule has 2 aliphatic carbocycles. The quantitative estimate of drug-likeness (QED) is 0.456. The fourth-order valence-electron chi connectivity index (χ4n) is 2.82. The molecule has 2 rings (SSSR count). The van der Waals surface area contributed by atoms with Gasteiger partial charge in [-0.2, -0.15) is 26.3 Å². The number of esters is 1. The Labute approximate surface area is 126 Å². The summed E-state index contributed by atoms with van der Waals surface area (Å²) in [5.74, 6) is -25.0. The van der Waals surface area contributed by atoms with Crippen LogP contribution >= 0.6 is 0 Å². The summed E-state index contributed by atoms with van der Waals surface area (Å²) in [4.78, 5) is 21.2. The van der Waals surface area contributed by atoms with Gasteiger partial charge in [-0.1, -0.05) is 12.2 Å². The largest absolute Gasteiger partial charge is 0.477 e. The van der Waals surface area contributed by atoms with Gasteiger partial charge in [0.1, 0.15) is 0 Å². The van der Waals surface area contributed by atoms with Crippen molar-refractivity contribution in [3.8, 4) is 0 Å². The molecule has 0 aromatic heterocycles. The number of hydrogen-bond acceptors (Lipinski definition) is 3. The van der Waals surface area contributed by atoms with Crippen LogP contribution in [-0.4, -0.2) is 41.4 Å². The molecule has 0 heterocycles. The van der Waals surface area contributed by atoms with Gasteiger partial charge in [0, 0.05) is 0 Å². The van der Waals surface area contributed by atoms with Crippen molar-refractivity contribution in [2.45, 2.75) is 30.6 Å². The zero-order valence-corrected chi connectivity index (χ0v) is 11.4. The van der Waals surface area contributed by atoms with Crippen LogP contribution in [0.15, 0.2) is 12.2 Å². The second kappa shape index (κ2) is 5.41. The van der Waals surface area contributed by atoms with Crippen molar-refractivity contribution in [1.82, 2.24) is 0 Å². The van der Waals surface area contributed by atoms with Crippen LogP contribution in [0, 0.1) is 17.8 Å². The van der Waals surface area contributed by atoms with E-state index < -0.39 is 36.3 Å². The SMILES string of the molecule is O=C(O)C(F)(F)C(F)(F)C(F)(F)C(=O)OCC1CC2C=CC1C2. The van der Waals surface area contributed by atoms with Gasteiger partial charge in [0.15, 0.2) is 0 Å². The molecule has 0 spiro atoms. The number of hydrogen-bond donors (Lipinski definition) is 1. The average Bonchev–Trinajstić information content (AvgIpc) is 3.06. The van der Waals surface area contributed by atoms with Crippen LogP contribution in [0.5, 0.6) is 0 Å². The standard InChI is InChI=1S/C13H12F6O4/c14-11(15,9(20)21)13(18,19)12(16,17)10(22)23-5-8-4-6-1-2-7(8)3-6/h1-2,6-8H,3-5H2,(H,20,21). The van der Waals surface area contributed by atoms with E-state index in [9.17, 15) is 35.9 Å². The van der Waals surface area contributed by atoms with Crippen molar-refractivity contribution < 1.29 is 45.8 Å². The molecule has 0 aromatic rings. The number of alkyl halides is 6. The third kappa shape index (κ3) is 2.67. The minimum atomic E-state index is -6.42. The van der Waals surface area contributed by atoms with Gasteiger partial charge in [-0.3, -0.25) is 0 Å². The third-order valence-electron chi connectivity index (χ3n) is 4.16. The van der Waals surface area contributed by atoms with Gasteiger partial charge in [-0.25, -0.2) is 9.59 Å². The highest BCUT2D eigenvalue weighted by Gasteiger charge is 2.79. The molecule has 0 aliphatic heterocycles. The van der Waals surface area contributed by atoms with Gasteiger partial charge in [-0.15, -0.1) is 0 Å². The number of halogens is 6. The molecular formula is C13H12F6O4. The predicted octanol–water partition coefficient (Wildman–Crippen LogP) is 2.73. The van der Waals surface area contributed by atoms with Crippen LogP contribution in [0.4, 0.5) is 26.3 Å². The first-order valence-electron chi connectivity index (χ1n) is 6.63. The molecule has 0 radical (unpaired) electrons. The monoisotopic (exact) mass is 346 g/mol. The van der Waals surface area contributed by atoms with E-state index in [0.29, 0.717) is 6.42 Å². The average molecular weight is 346 g/mol. The van der Waals surface area contributed by atoms with Crippen molar-refractivity contribution in [3.63, 3.8) is 0 Å². The molecule has 3 unspecified atom stereocenters. The van der Waals surface area contributed by atoms with E-state index in [1.54, 1.807) is 6.08 Å². The normalized spacial score (nSPS) is 27.3. The molecule has 1 fully saturated rings. The lowest BCUT2D eigenvalue weighted by atomic mass is 9.94. The van der Waals surface area contributed by atoms with E-state index in [4.69, 9.17) is 5.11 Å². The number of fused-ring (bicyclic) bond motifs is 2. The Balaban J connectivity index is 2.04. The number of carbonyl (C=O) groups is 2. The van der Waals surface area contributed by atoms with Gasteiger partial charge < -0.3 is 9.84 Å². The Bertz CT molecular complexity index is 545. The lowest BCUT2D eigenvalue weighted by Gasteiger charge is -2.29. The van der Waals surface area contributed by atoms with Gasteiger partial charge in [0.2, 0.25) is 0 Å². The maximum absolute atomic E-state index is 13.3. The van der Waals surface area contributed by atoms with Gasteiger partial charge >= 0.3 is 29.7 Å². The molecule has 3 atom stereocenters. The first-order valence-corrected chi connectivity index (χ1v) is 6.63. The minimum Gasteiger partial charge on any atom is -0.477 e. The van der Waals surface area contributed by atoms with E-state index in [-0.39, 0.29) is 17.8 Å². The Morgan fingerprint density at radius 3 is 2.09 bits per heavy atom. The fourth-order valence-corrected chi connectivity index (χ4v) is 2.82. The van der Waals surface area contributed by atoms with Crippen LogP contribution in [0.3, 0.4) is 0 Å². The highest BCUT2D eigenvalue weighted by molar-refractivity contribution is 5.83. The molecule has 1 saturated carbocycles. The van der Waals surface area contributed by atoms with E-state index in [0.717, 1.165) is 6.42 Å². The van der Waals surface area contributed by atoms with E-state index in [2.05, 4.69) is 4.74 Å². The molecule has 23 heavy (non-hydrogen) atoms. The second-order valence-corrected chi connectivity index (χ2v) is 5.67. The van der Waals surface area contributed by atoms with Crippen molar-refractivity contribution in [2.75, 3.05) is 6.61 Å². The van der Waals surface area contributed by atoms with E-state index >= 15 is 0 Å². The number of carboxylic acids is 1. The predicted molar refractivity (Wildman–Crippen MR) is 62.3 cm³/mol. The summed E-state index contributed by atoms with van der Waals surface area (Å²) < 4.78 is 82.6. The molecule has 2 aliphatic rings. The molecule has 0 saturated heterocycles. The molecule has 10 heteroatoms. The smallest absolute Gasteiger partial charge is 0.411 e. The Kier molecular flexibility index (Phi) is 4.15. The van der Waals surface area contributed by atoms with Crippen LogP contribution in [0.25, 0.3) is 0 Å². The minimum absolute atomic E-state index is 0.0395. The second-order valence-electron chi connectivity index (χ2n) is 5.67. The molecule has 1 N–H and O–H groups in total. The van der Waals surface area contributed by atoms with Gasteiger partial charge in [-0.05, 0) is 30.6 Å². The Hall–Kier alpha value is -1.74. The maximum Gasteiger partial charge on any atom is 0.411 e. The van der Waals surface area contributed by atoms with Crippen LogP contribution < -0.4 is 0 Å². The summed E-state index contributed by atoms with van der Waals surface area (Å²) in [5.41, 5.74) is 0. The maximum atomic E-state index is 13.3.